The van der Waals surface area contributed by atoms with Crippen molar-refractivity contribution in [3.8, 4) is 0 Å². The zero-order chi connectivity index (χ0) is 11.8. The second-order valence-electron chi connectivity index (χ2n) is 5.04. The van der Waals surface area contributed by atoms with Crippen molar-refractivity contribution < 1.29 is 19.4 Å². The number of carboxylic acids is 1. The molecule has 2 saturated carbocycles. The standard InChI is InChI=1S/C12H18O4/c1-2-12(16-11(15)6-10(13)14)7-8-3-4-9(12)5-8/h8-9H,2-7H2,1H3,(H,13,14). The Bertz CT molecular complexity index is 312. The molecule has 2 fully saturated rings. The molecule has 0 aliphatic heterocycles. The molecule has 0 heterocycles. The van der Waals surface area contributed by atoms with Crippen LogP contribution in [0.25, 0.3) is 0 Å². The third kappa shape index (κ3) is 1.93. The van der Waals surface area contributed by atoms with Gasteiger partial charge in [-0.25, -0.2) is 0 Å². The Morgan fingerprint density at radius 3 is 2.62 bits per heavy atom. The van der Waals surface area contributed by atoms with Gasteiger partial charge in [0.25, 0.3) is 0 Å². The minimum atomic E-state index is -1.11. The molecule has 2 aliphatic carbocycles. The van der Waals surface area contributed by atoms with E-state index in [4.69, 9.17) is 9.84 Å². The number of aliphatic carboxylic acids is 1. The van der Waals surface area contributed by atoms with E-state index in [0.717, 1.165) is 25.7 Å². The molecular weight excluding hydrogens is 208 g/mol. The summed E-state index contributed by atoms with van der Waals surface area (Å²) in [6.07, 6.45) is 4.73. The van der Waals surface area contributed by atoms with Crippen molar-refractivity contribution in [3.63, 3.8) is 0 Å². The molecule has 2 bridgehead atoms. The van der Waals surface area contributed by atoms with E-state index >= 15 is 0 Å². The maximum absolute atomic E-state index is 11.4. The molecule has 3 unspecified atom stereocenters. The van der Waals surface area contributed by atoms with Gasteiger partial charge in [-0.1, -0.05) is 6.92 Å². The SMILES string of the molecule is CCC1(OC(=O)CC(=O)O)CC2CCC1C2. The van der Waals surface area contributed by atoms with Gasteiger partial charge in [-0.15, -0.1) is 0 Å². The number of carboxylic acid groups (broad SMARTS) is 1. The lowest BCUT2D eigenvalue weighted by atomic mass is 9.82. The molecule has 0 aromatic heterocycles. The zero-order valence-corrected chi connectivity index (χ0v) is 9.57. The fraction of sp³-hybridized carbons (Fsp3) is 0.833. The van der Waals surface area contributed by atoms with Crippen molar-refractivity contribution in [2.24, 2.45) is 11.8 Å². The normalized spacial score (nSPS) is 36.3. The number of rotatable bonds is 4. The quantitative estimate of drug-likeness (QED) is 0.588. The molecule has 2 aliphatic rings. The largest absolute Gasteiger partial charge is 0.481 e. The van der Waals surface area contributed by atoms with Crippen LogP contribution in [-0.2, 0) is 14.3 Å². The summed E-state index contributed by atoms with van der Waals surface area (Å²) in [5, 5.41) is 8.55. The summed E-state index contributed by atoms with van der Waals surface area (Å²) in [6, 6.07) is 0. The number of carbonyl (C=O) groups is 2. The Morgan fingerprint density at radius 2 is 2.19 bits per heavy atom. The van der Waals surface area contributed by atoms with Gasteiger partial charge in [-0.3, -0.25) is 9.59 Å². The van der Waals surface area contributed by atoms with Crippen LogP contribution in [0.1, 0.15) is 45.4 Å². The van der Waals surface area contributed by atoms with E-state index in [2.05, 4.69) is 0 Å². The fourth-order valence-electron chi connectivity index (χ4n) is 3.41. The van der Waals surface area contributed by atoms with Gasteiger partial charge in [0, 0.05) is 0 Å². The molecule has 1 N–H and O–H groups in total. The van der Waals surface area contributed by atoms with E-state index in [9.17, 15) is 9.59 Å². The smallest absolute Gasteiger partial charge is 0.317 e. The average molecular weight is 226 g/mol. The molecule has 2 rings (SSSR count). The van der Waals surface area contributed by atoms with E-state index in [1.165, 1.54) is 6.42 Å². The van der Waals surface area contributed by atoms with Crippen molar-refractivity contribution in [1.29, 1.82) is 0 Å². The van der Waals surface area contributed by atoms with E-state index in [-0.39, 0.29) is 5.60 Å². The predicted molar refractivity (Wildman–Crippen MR) is 56.8 cm³/mol. The van der Waals surface area contributed by atoms with E-state index in [0.29, 0.717) is 11.8 Å². The van der Waals surface area contributed by atoms with Crippen LogP contribution in [0.2, 0.25) is 0 Å². The predicted octanol–water partition coefficient (Wildman–Crippen LogP) is 1.97. The maximum atomic E-state index is 11.4. The first-order valence-corrected chi connectivity index (χ1v) is 5.99. The van der Waals surface area contributed by atoms with Crippen molar-refractivity contribution in [2.75, 3.05) is 0 Å². The molecule has 90 valence electrons. The molecule has 0 saturated heterocycles. The van der Waals surface area contributed by atoms with Crippen LogP contribution in [-0.4, -0.2) is 22.6 Å². The van der Waals surface area contributed by atoms with Gasteiger partial charge in [0.1, 0.15) is 12.0 Å². The summed E-state index contributed by atoms with van der Waals surface area (Å²) in [5.41, 5.74) is -0.352. The van der Waals surface area contributed by atoms with Crippen LogP contribution in [0.15, 0.2) is 0 Å². The summed E-state index contributed by atoms with van der Waals surface area (Å²) in [4.78, 5) is 21.9. The van der Waals surface area contributed by atoms with E-state index in [1.807, 2.05) is 6.92 Å². The monoisotopic (exact) mass is 226 g/mol. The Morgan fingerprint density at radius 1 is 1.44 bits per heavy atom. The second kappa shape index (κ2) is 4.07. The van der Waals surface area contributed by atoms with Gasteiger partial charge < -0.3 is 9.84 Å². The second-order valence-corrected chi connectivity index (χ2v) is 5.04. The summed E-state index contributed by atoms with van der Waals surface area (Å²) < 4.78 is 5.47. The minimum absolute atomic E-state index is 0.352. The fourth-order valence-corrected chi connectivity index (χ4v) is 3.41. The summed E-state index contributed by atoms with van der Waals surface area (Å²) in [7, 11) is 0. The Kier molecular flexibility index (Phi) is 2.91. The number of fused-ring (bicyclic) bond motifs is 2. The van der Waals surface area contributed by atoms with Crippen LogP contribution in [0.4, 0.5) is 0 Å². The Hall–Kier alpha value is -1.06. The molecule has 4 nitrogen and oxygen atoms in total. The maximum Gasteiger partial charge on any atom is 0.317 e. The van der Waals surface area contributed by atoms with Crippen molar-refractivity contribution in [2.45, 2.75) is 51.0 Å². The molecule has 4 heteroatoms. The first-order chi connectivity index (χ1) is 7.55. The van der Waals surface area contributed by atoms with Crippen LogP contribution in [0.3, 0.4) is 0 Å². The third-order valence-corrected chi connectivity index (χ3v) is 4.13. The molecule has 0 spiro atoms. The molecular formula is C12H18O4. The highest BCUT2D eigenvalue weighted by Crippen LogP contribution is 2.54. The highest BCUT2D eigenvalue weighted by Gasteiger charge is 2.52. The third-order valence-electron chi connectivity index (χ3n) is 4.13. The van der Waals surface area contributed by atoms with Crippen molar-refractivity contribution >= 4 is 11.9 Å². The summed E-state index contributed by atoms with van der Waals surface area (Å²) >= 11 is 0. The van der Waals surface area contributed by atoms with Gasteiger partial charge in [0.2, 0.25) is 0 Å². The van der Waals surface area contributed by atoms with E-state index in [1.54, 1.807) is 0 Å². The molecule has 16 heavy (non-hydrogen) atoms. The van der Waals surface area contributed by atoms with Crippen LogP contribution >= 0.6 is 0 Å². The lowest BCUT2D eigenvalue weighted by Crippen LogP contribution is -2.40. The molecule has 0 aromatic carbocycles. The number of hydrogen-bond donors (Lipinski definition) is 1. The lowest BCUT2D eigenvalue weighted by molar-refractivity contribution is -0.169. The van der Waals surface area contributed by atoms with Crippen LogP contribution in [0.5, 0.6) is 0 Å². The van der Waals surface area contributed by atoms with Crippen LogP contribution in [0, 0.1) is 11.8 Å². The number of ether oxygens (including phenoxy) is 1. The van der Waals surface area contributed by atoms with Gasteiger partial charge in [0.05, 0.1) is 0 Å². The Balaban J connectivity index is 2.00. The molecule has 3 atom stereocenters. The molecule has 0 amide bonds. The Labute approximate surface area is 95.0 Å². The van der Waals surface area contributed by atoms with Gasteiger partial charge >= 0.3 is 11.9 Å². The molecule has 0 radical (unpaired) electrons. The van der Waals surface area contributed by atoms with Crippen molar-refractivity contribution in [1.82, 2.24) is 0 Å². The summed E-state index contributed by atoms with van der Waals surface area (Å²) in [5.74, 6) is -0.552. The molecule has 0 aromatic rings. The highest BCUT2D eigenvalue weighted by molar-refractivity contribution is 5.90. The van der Waals surface area contributed by atoms with Gasteiger partial charge in [-0.05, 0) is 43.9 Å². The lowest BCUT2D eigenvalue weighted by Gasteiger charge is -2.36. The topological polar surface area (TPSA) is 63.6 Å². The number of hydrogen-bond acceptors (Lipinski definition) is 3. The van der Waals surface area contributed by atoms with E-state index < -0.39 is 18.4 Å². The zero-order valence-electron chi connectivity index (χ0n) is 9.57. The number of carbonyl (C=O) groups excluding carboxylic acids is 1. The summed E-state index contributed by atoms with van der Waals surface area (Å²) in [6.45, 7) is 2.02. The first-order valence-electron chi connectivity index (χ1n) is 5.99. The highest BCUT2D eigenvalue weighted by atomic mass is 16.6. The van der Waals surface area contributed by atoms with Crippen LogP contribution < -0.4 is 0 Å². The van der Waals surface area contributed by atoms with Crippen molar-refractivity contribution in [3.05, 3.63) is 0 Å². The average Bonchev–Trinajstić information content (AvgIpc) is 2.76. The van der Waals surface area contributed by atoms with Gasteiger partial charge in [-0.2, -0.15) is 0 Å². The first kappa shape index (κ1) is 11.4. The minimum Gasteiger partial charge on any atom is -0.481 e. The number of esters is 1. The van der Waals surface area contributed by atoms with Gasteiger partial charge in [0.15, 0.2) is 0 Å².